The largest absolute Gasteiger partial charge is 0.381 e. The highest BCUT2D eigenvalue weighted by Crippen LogP contribution is 2.32. The summed E-state index contributed by atoms with van der Waals surface area (Å²) in [6.45, 7) is 4.62. The SMILES string of the molecule is CC1(c2cnc(CCN)[nH]2)CCOCC1. The standard InChI is InChI=1S/C11H19N3O/c1-11(3-6-15-7-4-11)9-8-13-10(14-9)2-5-12/h8H,2-7,12H2,1H3,(H,13,14). The van der Waals surface area contributed by atoms with Crippen LogP contribution < -0.4 is 5.73 Å². The van der Waals surface area contributed by atoms with Crippen LogP contribution in [0.4, 0.5) is 0 Å². The van der Waals surface area contributed by atoms with Crippen LogP contribution >= 0.6 is 0 Å². The summed E-state index contributed by atoms with van der Waals surface area (Å²) in [5.74, 6) is 1.00. The molecule has 3 N–H and O–H groups in total. The molecular weight excluding hydrogens is 190 g/mol. The number of H-pyrrole nitrogens is 1. The molecule has 0 unspecified atom stereocenters. The van der Waals surface area contributed by atoms with Gasteiger partial charge in [0.1, 0.15) is 5.82 Å². The van der Waals surface area contributed by atoms with Crippen LogP contribution in [0, 0.1) is 0 Å². The first-order valence-electron chi connectivity index (χ1n) is 5.57. The van der Waals surface area contributed by atoms with Gasteiger partial charge < -0.3 is 15.5 Å². The topological polar surface area (TPSA) is 63.9 Å². The van der Waals surface area contributed by atoms with E-state index >= 15 is 0 Å². The predicted octanol–water partition coefficient (Wildman–Crippen LogP) is 0.979. The number of ether oxygens (including phenoxy) is 1. The molecule has 2 rings (SSSR count). The number of hydrogen-bond acceptors (Lipinski definition) is 3. The minimum atomic E-state index is 0.206. The summed E-state index contributed by atoms with van der Waals surface area (Å²) < 4.78 is 5.39. The van der Waals surface area contributed by atoms with Gasteiger partial charge in [-0.2, -0.15) is 0 Å². The number of rotatable bonds is 3. The van der Waals surface area contributed by atoms with Gasteiger partial charge in [-0.1, -0.05) is 6.92 Å². The minimum Gasteiger partial charge on any atom is -0.381 e. The van der Waals surface area contributed by atoms with Gasteiger partial charge in [-0.25, -0.2) is 4.98 Å². The van der Waals surface area contributed by atoms with Gasteiger partial charge in [-0.3, -0.25) is 0 Å². The third kappa shape index (κ3) is 2.21. The Labute approximate surface area is 90.2 Å². The van der Waals surface area contributed by atoms with Crippen LogP contribution in [0.15, 0.2) is 6.20 Å². The van der Waals surface area contributed by atoms with Crippen molar-refractivity contribution >= 4 is 0 Å². The van der Waals surface area contributed by atoms with Crippen LogP contribution in [-0.4, -0.2) is 29.7 Å². The molecule has 1 aliphatic rings. The Hall–Kier alpha value is -0.870. The van der Waals surface area contributed by atoms with Crippen molar-refractivity contribution in [2.75, 3.05) is 19.8 Å². The van der Waals surface area contributed by atoms with Crippen molar-refractivity contribution in [3.8, 4) is 0 Å². The number of nitrogens with two attached hydrogens (primary N) is 1. The van der Waals surface area contributed by atoms with Crippen molar-refractivity contribution in [2.45, 2.75) is 31.6 Å². The highest BCUT2D eigenvalue weighted by molar-refractivity contribution is 5.15. The number of aromatic amines is 1. The van der Waals surface area contributed by atoms with E-state index in [9.17, 15) is 0 Å². The van der Waals surface area contributed by atoms with E-state index in [4.69, 9.17) is 10.5 Å². The third-order valence-electron chi connectivity index (χ3n) is 3.26. The van der Waals surface area contributed by atoms with Gasteiger partial charge in [0.15, 0.2) is 0 Å². The van der Waals surface area contributed by atoms with E-state index in [1.165, 1.54) is 5.69 Å². The normalized spacial score (nSPS) is 20.4. The van der Waals surface area contributed by atoms with Gasteiger partial charge in [0, 0.05) is 36.9 Å². The van der Waals surface area contributed by atoms with Gasteiger partial charge in [-0.15, -0.1) is 0 Å². The number of nitrogens with zero attached hydrogens (tertiary/aromatic N) is 1. The molecule has 1 aromatic rings. The molecule has 1 fully saturated rings. The maximum absolute atomic E-state index is 5.50. The van der Waals surface area contributed by atoms with Gasteiger partial charge in [0.2, 0.25) is 0 Å². The Morgan fingerprint density at radius 3 is 2.93 bits per heavy atom. The predicted molar refractivity (Wildman–Crippen MR) is 58.8 cm³/mol. The van der Waals surface area contributed by atoms with Crippen LogP contribution in [0.25, 0.3) is 0 Å². The van der Waals surface area contributed by atoms with Gasteiger partial charge in [-0.05, 0) is 19.4 Å². The van der Waals surface area contributed by atoms with Crippen LogP contribution in [-0.2, 0) is 16.6 Å². The molecule has 0 amide bonds. The van der Waals surface area contributed by atoms with Gasteiger partial charge in [0.05, 0.1) is 0 Å². The third-order valence-corrected chi connectivity index (χ3v) is 3.26. The highest BCUT2D eigenvalue weighted by atomic mass is 16.5. The molecule has 0 atom stereocenters. The molecule has 2 heterocycles. The molecule has 1 aromatic heterocycles. The van der Waals surface area contributed by atoms with Gasteiger partial charge >= 0.3 is 0 Å². The zero-order chi connectivity index (χ0) is 10.7. The summed E-state index contributed by atoms with van der Waals surface area (Å²) >= 11 is 0. The van der Waals surface area contributed by atoms with E-state index in [-0.39, 0.29) is 5.41 Å². The zero-order valence-electron chi connectivity index (χ0n) is 9.25. The fraction of sp³-hybridized carbons (Fsp3) is 0.727. The molecule has 1 aliphatic heterocycles. The minimum absolute atomic E-state index is 0.206. The molecule has 4 heteroatoms. The number of aromatic nitrogens is 2. The van der Waals surface area contributed by atoms with E-state index < -0.39 is 0 Å². The molecule has 0 aliphatic carbocycles. The fourth-order valence-electron chi connectivity index (χ4n) is 2.02. The van der Waals surface area contributed by atoms with Crippen LogP contribution in [0.1, 0.15) is 31.3 Å². The summed E-state index contributed by atoms with van der Waals surface area (Å²) in [6.07, 6.45) is 4.91. The van der Waals surface area contributed by atoms with E-state index in [2.05, 4.69) is 16.9 Å². The summed E-state index contributed by atoms with van der Waals surface area (Å²) in [6, 6.07) is 0. The first kappa shape index (κ1) is 10.6. The second-order valence-electron chi connectivity index (χ2n) is 4.46. The molecule has 0 saturated carbocycles. The lowest BCUT2D eigenvalue weighted by atomic mass is 9.80. The molecule has 0 aromatic carbocycles. The molecule has 1 saturated heterocycles. The maximum Gasteiger partial charge on any atom is 0.107 e. The molecule has 4 nitrogen and oxygen atoms in total. The first-order chi connectivity index (χ1) is 7.24. The molecular formula is C11H19N3O. The van der Waals surface area contributed by atoms with Crippen molar-refractivity contribution < 1.29 is 4.74 Å². The van der Waals surface area contributed by atoms with Crippen molar-refractivity contribution in [3.63, 3.8) is 0 Å². The Morgan fingerprint density at radius 1 is 1.53 bits per heavy atom. The highest BCUT2D eigenvalue weighted by Gasteiger charge is 2.30. The maximum atomic E-state index is 5.50. The molecule has 0 spiro atoms. The lowest BCUT2D eigenvalue weighted by Gasteiger charge is -2.32. The average Bonchev–Trinajstić information content (AvgIpc) is 2.69. The Morgan fingerprint density at radius 2 is 2.27 bits per heavy atom. The van der Waals surface area contributed by atoms with Crippen molar-refractivity contribution in [1.82, 2.24) is 9.97 Å². The summed E-state index contributed by atoms with van der Waals surface area (Å²) in [7, 11) is 0. The zero-order valence-corrected chi connectivity index (χ0v) is 9.25. The quantitative estimate of drug-likeness (QED) is 0.780. The van der Waals surface area contributed by atoms with Crippen LogP contribution in [0.3, 0.4) is 0 Å². The monoisotopic (exact) mass is 209 g/mol. The van der Waals surface area contributed by atoms with Crippen LogP contribution in [0.5, 0.6) is 0 Å². The Kier molecular flexibility index (Phi) is 3.07. The van der Waals surface area contributed by atoms with E-state index in [1.807, 2.05) is 6.20 Å². The second-order valence-corrected chi connectivity index (χ2v) is 4.46. The number of nitrogens with one attached hydrogen (secondary N) is 1. The Balaban J connectivity index is 2.12. The molecule has 84 valence electrons. The van der Waals surface area contributed by atoms with Crippen molar-refractivity contribution in [1.29, 1.82) is 0 Å². The van der Waals surface area contributed by atoms with E-state index in [1.54, 1.807) is 0 Å². The van der Waals surface area contributed by atoms with Crippen molar-refractivity contribution in [2.24, 2.45) is 5.73 Å². The van der Waals surface area contributed by atoms with E-state index in [0.717, 1.165) is 38.3 Å². The summed E-state index contributed by atoms with van der Waals surface area (Å²) in [4.78, 5) is 7.73. The van der Waals surface area contributed by atoms with Gasteiger partial charge in [0.25, 0.3) is 0 Å². The molecule has 15 heavy (non-hydrogen) atoms. The van der Waals surface area contributed by atoms with E-state index in [0.29, 0.717) is 6.54 Å². The number of imidazole rings is 1. The summed E-state index contributed by atoms with van der Waals surface area (Å²) in [5, 5.41) is 0. The summed E-state index contributed by atoms with van der Waals surface area (Å²) in [5.41, 5.74) is 6.94. The second kappa shape index (κ2) is 4.33. The average molecular weight is 209 g/mol. The fourth-order valence-corrected chi connectivity index (χ4v) is 2.02. The van der Waals surface area contributed by atoms with Crippen molar-refractivity contribution in [3.05, 3.63) is 17.7 Å². The Bertz CT molecular complexity index is 315. The molecule has 0 radical (unpaired) electrons. The smallest absolute Gasteiger partial charge is 0.107 e. The lowest BCUT2D eigenvalue weighted by Crippen LogP contribution is -2.31. The van der Waals surface area contributed by atoms with Crippen LogP contribution in [0.2, 0.25) is 0 Å². The lowest BCUT2D eigenvalue weighted by molar-refractivity contribution is 0.0551. The molecule has 0 bridgehead atoms. The first-order valence-corrected chi connectivity index (χ1v) is 5.57. The number of hydrogen-bond donors (Lipinski definition) is 2.